The third kappa shape index (κ3) is 9.07. The molecule has 0 aliphatic rings. The number of carbonyl (C=O) groups is 2. The van der Waals surface area contributed by atoms with Crippen LogP contribution in [0.5, 0.6) is 0 Å². The van der Waals surface area contributed by atoms with E-state index in [0.717, 1.165) is 18.6 Å². The van der Waals surface area contributed by atoms with Crippen LogP contribution in [0.1, 0.15) is 46.5 Å². The highest BCUT2D eigenvalue weighted by atomic mass is 32.2. The van der Waals surface area contributed by atoms with E-state index in [2.05, 4.69) is 11.6 Å². The summed E-state index contributed by atoms with van der Waals surface area (Å²) in [5.74, 6) is 0.268. The van der Waals surface area contributed by atoms with Crippen molar-refractivity contribution in [2.24, 2.45) is 0 Å². The number of hydrogen-bond acceptors (Lipinski definition) is 3. The Labute approximate surface area is 126 Å². The monoisotopic (exact) mass is 304 g/mol. The quantitative estimate of drug-likeness (QED) is 0.643. The standard InChI is InChI=1S/C14H28N2O3S/c1-14(2,3)16(10-8-12(17)18)13(19)15-9-6-5-7-11-20-4/h5-11H2,1-4H3,(H,15,19)(H,17,18). The first-order chi connectivity index (χ1) is 9.29. The number of amides is 2. The molecule has 0 atom stereocenters. The molecule has 0 fully saturated rings. The molecule has 0 aromatic carbocycles. The van der Waals surface area contributed by atoms with Crippen LogP contribution in [-0.2, 0) is 4.79 Å². The molecule has 0 saturated heterocycles. The van der Waals surface area contributed by atoms with Crippen LogP contribution < -0.4 is 5.32 Å². The molecular formula is C14H28N2O3S. The average molecular weight is 304 g/mol. The van der Waals surface area contributed by atoms with Gasteiger partial charge in [0, 0.05) is 18.6 Å². The fourth-order valence-corrected chi connectivity index (χ4v) is 2.28. The summed E-state index contributed by atoms with van der Waals surface area (Å²) in [7, 11) is 0. The maximum Gasteiger partial charge on any atom is 0.317 e. The number of thioether (sulfide) groups is 1. The Morgan fingerprint density at radius 3 is 2.35 bits per heavy atom. The number of hydrogen-bond donors (Lipinski definition) is 2. The predicted molar refractivity (Wildman–Crippen MR) is 84.3 cm³/mol. The predicted octanol–water partition coefficient (Wildman–Crippen LogP) is 2.80. The molecule has 0 radical (unpaired) electrons. The fraction of sp³-hybridized carbons (Fsp3) is 0.857. The zero-order valence-corrected chi connectivity index (χ0v) is 13.9. The van der Waals surface area contributed by atoms with E-state index in [1.165, 1.54) is 6.42 Å². The second-order valence-corrected chi connectivity index (χ2v) is 6.74. The van der Waals surface area contributed by atoms with Gasteiger partial charge in [0.1, 0.15) is 0 Å². The highest BCUT2D eigenvalue weighted by Crippen LogP contribution is 2.14. The van der Waals surface area contributed by atoms with Gasteiger partial charge in [-0.25, -0.2) is 4.79 Å². The van der Waals surface area contributed by atoms with Crippen molar-refractivity contribution in [3.05, 3.63) is 0 Å². The molecule has 0 aromatic rings. The second-order valence-electron chi connectivity index (χ2n) is 5.75. The molecule has 5 nitrogen and oxygen atoms in total. The molecule has 0 aliphatic heterocycles. The zero-order valence-electron chi connectivity index (χ0n) is 13.1. The maximum absolute atomic E-state index is 12.1. The summed E-state index contributed by atoms with van der Waals surface area (Å²) in [5.41, 5.74) is -0.377. The summed E-state index contributed by atoms with van der Waals surface area (Å²) in [4.78, 5) is 24.3. The molecule has 0 spiro atoms. The van der Waals surface area contributed by atoms with E-state index in [0.29, 0.717) is 6.54 Å². The van der Waals surface area contributed by atoms with Crippen LogP contribution in [0.25, 0.3) is 0 Å². The summed E-state index contributed by atoms with van der Waals surface area (Å²) in [5, 5.41) is 11.6. The smallest absolute Gasteiger partial charge is 0.317 e. The van der Waals surface area contributed by atoms with Crippen molar-refractivity contribution >= 4 is 23.8 Å². The van der Waals surface area contributed by atoms with Gasteiger partial charge in [-0.3, -0.25) is 4.79 Å². The third-order valence-electron chi connectivity index (χ3n) is 2.91. The van der Waals surface area contributed by atoms with Crippen molar-refractivity contribution in [1.82, 2.24) is 10.2 Å². The lowest BCUT2D eigenvalue weighted by Crippen LogP contribution is -2.51. The van der Waals surface area contributed by atoms with Gasteiger partial charge in [-0.15, -0.1) is 0 Å². The minimum absolute atomic E-state index is 0.0294. The number of carbonyl (C=O) groups excluding carboxylic acids is 1. The number of rotatable bonds is 9. The van der Waals surface area contributed by atoms with Gasteiger partial charge in [-0.2, -0.15) is 11.8 Å². The van der Waals surface area contributed by atoms with Crippen molar-refractivity contribution < 1.29 is 14.7 Å². The van der Waals surface area contributed by atoms with Crippen LogP contribution in [0.2, 0.25) is 0 Å². The molecule has 0 heterocycles. The first-order valence-electron chi connectivity index (χ1n) is 7.05. The summed E-state index contributed by atoms with van der Waals surface area (Å²) in [6, 6.07) is -0.177. The van der Waals surface area contributed by atoms with Gasteiger partial charge in [0.25, 0.3) is 0 Å². The maximum atomic E-state index is 12.1. The van der Waals surface area contributed by atoms with E-state index in [1.807, 2.05) is 32.5 Å². The first kappa shape index (κ1) is 19.1. The SMILES string of the molecule is CSCCCCCNC(=O)N(CCC(=O)O)C(C)(C)C. The van der Waals surface area contributed by atoms with Crippen molar-refractivity contribution in [3.8, 4) is 0 Å². The molecule has 0 unspecified atom stereocenters. The molecule has 0 aromatic heterocycles. The minimum Gasteiger partial charge on any atom is -0.481 e. The molecule has 6 heteroatoms. The van der Waals surface area contributed by atoms with Crippen molar-refractivity contribution in [1.29, 1.82) is 0 Å². The topological polar surface area (TPSA) is 69.6 Å². The van der Waals surface area contributed by atoms with Crippen LogP contribution in [0.4, 0.5) is 4.79 Å². The molecule has 0 saturated carbocycles. The van der Waals surface area contributed by atoms with Crippen LogP contribution in [-0.4, -0.2) is 52.6 Å². The van der Waals surface area contributed by atoms with Gasteiger partial charge in [0.05, 0.1) is 6.42 Å². The lowest BCUT2D eigenvalue weighted by atomic mass is 10.1. The Bertz CT molecular complexity index is 303. The average Bonchev–Trinajstić information content (AvgIpc) is 2.31. The number of aliphatic carboxylic acids is 1. The summed E-state index contributed by atoms with van der Waals surface area (Å²) >= 11 is 1.83. The van der Waals surface area contributed by atoms with Crippen LogP contribution in [0.3, 0.4) is 0 Å². The third-order valence-corrected chi connectivity index (χ3v) is 3.60. The molecule has 118 valence electrons. The Hall–Kier alpha value is -0.910. The Kier molecular flexibility index (Phi) is 9.46. The molecule has 20 heavy (non-hydrogen) atoms. The number of carboxylic acid groups (broad SMARTS) is 1. The fourth-order valence-electron chi connectivity index (χ4n) is 1.79. The number of urea groups is 1. The van der Waals surface area contributed by atoms with Gasteiger partial charge in [-0.1, -0.05) is 6.42 Å². The van der Waals surface area contributed by atoms with Crippen LogP contribution >= 0.6 is 11.8 Å². The van der Waals surface area contributed by atoms with E-state index in [4.69, 9.17) is 5.11 Å². The highest BCUT2D eigenvalue weighted by molar-refractivity contribution is 7.98. The van der Waals surface area contributed by atoms with E-state index in [9.17, 15) is 9.59 Å². The van der Waals surface area contributed by atoms with Crippen molar-refractivity contribution in [2.75, 3.05) is 25.1 Å². The number of nitrogens with zero attached hydrogens (tertiary/aromatic N) is 1. The number of nitrogens with one attached hydrogen (secondary N) is 1. The number of carboxylic acids is 1. The molecule has 2 amide bonds. The summed E-state index contributed by atoms with van der Waals surface area (Å²) < 4.78 is 0. The Balaban J connectivity index is 4.11. The van der Waals surface area contributed by atoms with Gasteiger partial charge in [0.2, 0.25) is 0 Å². The molecule has 0 rings (SSSR count). The van der Waals surface area contributed by atoms with Crippen LogP contribution in [0.15, 0.2) is 0 Å². The van der Waals surface area contributed by atoms with Crippen molar-refractivity contribution in [2.45, 2.75) is 52.0 Å². The lowest BCUT2D eigenvalue weighted by Gasteiger charge is -2.35. The summed E-state index contributed by atoms with van der Waals surface area (Å²) in [6.45, 7) is 6.61. The van der Waals surface area contributed by atoms with Crippen molar-refractivity contribution in [3.63, 3.8) is 0 Å². The normalized spacial score (nSPS) is 11.2. The molecular weight excluding hydrogens is 276 g/mol. The van der Waals surface area contributed by atoms with Gasteiger partial charge in [0.15, 0.2) is 0 Å². The van der Waals surface area contributed by atoms with E-state index in [1.54, 1.807) is 4.90 Å². The Morgan fingerprint density at radius 2 is 1.85 bits per heavy atom. The highest BCUT2D eigenvalue weighted by Gasteiger charge is 2.26. The minimum atomic E-state index is -0.885. The zero-order chi connectivity index (χ0) is 15.6. The largest absolute Gasteiger partial charge is 0.481 e. The van der Waals surface area contributed by atoms with Crippen LogP contribution in [0, 0.1) is 0 Å². The second kappa shape index (κ2) is 9.91. The van der Waals surface area contributed by atoms with E-state index < -0.39 is 5.97 Å². The summed E-state index contributed by atoms with van der Waals surface area (Å²) in [6.07, 6.45) is 5.29. The van der Waals surface area contributed by atoms with E-state index >= 15 is 0 Å². The number of unbranched alkanes of at least 4 members (excludes halogenated alkanes) is 2. The van der Waals surface area contributed by atoms with Gasteiger partial charge >= 0.3 is 12.0 Å². The van der Waals surface area contributed by atoms with Gasteiger partial charge < -0.3 is 15.3 Å². The molecule has 2 N–H and O–H groups in total. The Morgan fingerprint density at radius 1 is 1.20 bits per heavy atom. The van der Waals surface area contributed by atoms with E-state index in [-0.39, 0.29) is 24.5 Å². The molecule has 0 aliphatic carbocycles. The van der Waals surface area contributed by atoms with Gasteiger partial charge in [-0.05, 0) is 45.6 Å². The molecule has 0 bridgehead atoms. The lowest BCUT2D eigenvalue weighted by molar-refractivity contribution is -0.137. The first-order valence-corrected chi connectivity index (χ1v) is 8.44.